The molecule has 1 aliphatic rings. The Labute approximate surface area is 178 Å². The third-order valence-electron chi connectivity index (χ3n) is 4.85. The molecule has 0 saturated heterocycles. The smallest absolute Gasteiger partial charge is 0.285 e. The monoisotopic (exact) mass is 448 g/mol. The Hall–Kier alpha value is -2.69. The number of halogens is 1. The van der Waals surface area contributed by atoms with Gasteiger partial charge >= 0.3 is 10.2 Å². The maximum Gasteiger partial charge on any atom is 0.301 e. The van der Waals surface area contributed by atoms with Gasteiger partial charge in [0.25, 0.3) is 5.91 Å². The number of pyridine rings is 1. The highest BCUT2D eigenvalue weighted by molar-refractivity contribution is 7.88. The molecule has 0 aliphatic heterocycles. The van der Waals surface area contributed by atoms with Crippen LogP contribution in [-0.4, -0.2) is 40.2 Å². The predicted octanol–water partition coefficient (Wildman–Crippen LogP) is 2.09. The summed E-state index contributed by atoms with van der Waals surface area (Å²) in [5.41, 5.74) is 2.04. The van der Waals surface area contributed by atoms with E-state index >= 15 is 0 Å². The number of hydrogen-bond acceptors (Lipinski definition) is 5. The largest absolute Gasteiger partial charge is 0.301 e. The first-order chi connectivity index (χ1) is 14.2. The molecule has 158 valence electrons. The zero-order chi connectivity index (χ0) is 21.5. The highest BCUT2D eigenvalue weighted by atomic mass is 35.5. The van der Waals surface area contributed by atoms with Crippen molar-refractivity contribution in [3.8, 4) is 5.82 Å². The summed E-state index contributed by atoms with van der Waals surface area (Å²) in [4.78, 5) is 16.6. The lowest BCUT2D eigenvalue weighted by molar-refractivity contribution is -0.114. The SMILES string of the molecule is Cc1nn(C)c(-n2ccc3cc(Cl)cnc32)c1/C=C/C(=O)NS(=O)(=O)NCC1CC1. The van der Waals surface area contributed by atoms with Gasteiger partial charge in [0, 0.05) is 43.0 Å². The van der Waals surface area contributed by atoms with Gasteiger partial charge in [-0.15, -0.1) is 0 Å². The number of aromatic nitrogens is 4. The Morgan fingerprint density at radius 3 is 2.90 bits per heavy atom. The van der Waals surface area contributed by atoms with Crippen LogP contribution in [-0.2, 0) is 22.1 Å². The van der Waals surface area contributed by atoms with Gasteiger partial charge in [0.05, 0.1) is 10.7 Å². The Bertz CT molecular complexity index is 1260. The normalized spacial score (nSPS) is 14.6. The lowest BCUT2D eigenvalue weighted by Gasteiger charge is -2.08. The quantitative estimate of drug-likeness (QED) is 0.537. The van der Waals surface area contributed by atoms with Crippen LogP contribution in [0.1, 0.15) is 24.1 Å². The molecule has 0 atom stereocenters. The van der Waals surface area contributed by atoms with Crippen LogP contribution in [0.4, 0.5) is 0 Å². The maximum absolute atomic E-state index is 12.2. The summed E-state index contributed by atoms with van der Waals surface area (Å²) in [5, 5.41) is 5.83. The van der Waals surface area contributed by atoms with Gasteiger partial charge in [0.1, 0.15) is 11.5 Å². The minimum absolute atomic E-state index is 0.343. The van der Waals surface area contributed by atoms with Crippen LogP contribution in [0.5, 0.6) is 0 Å². The van der Waals surface area contributed by atoms with E-state index in [4.69, 9.17) is 11.6 Å². The number of rotatable bonds is 7. The summed E-state index contributed by atoms with van der Waals surface area (Å²) in [7, 11) is -2.10. The van der Waals surface area contributed by atoms with E-state index in [1.165, 1.54) is 6.08 Å². The van der Waals surface area contributed by atoms with Crippen molar-refractivity contribution in [2.45, 2.75) is 19.8 Å². The first-order valence-electron chi connectivity index (χ1n) is 9.39. The lowest BCUT2D eigenvalue weighted by atomic mass is 10.2. The van der Waals surface area contributed by atoms with Crippen molar-refractivity contribution in [1.29, 1.82) is 0 Å². The van der Waals surface area contributed by atoms with E-state index in [0.29, 0.717) is 40.2 Å². The van der Waals surface area contributed by atoms with Crippen molar-refractivity contribution in [2.24, 2.45) is 13.0 Å². The zero-order valence-corrected chi connectivity index (χ0v) is 18.0. The number of fused-ring (bicyclic) bond motifs is 1. The Kier molecular flexibility index (Phi) is 5.39. The number of hydrogen-bond donors (Lipinski definition) is 2. The molecular formula is C19H21ClN6O3S. The predicted molar refractivity (Wildman–Crippen MR) is 114 cm³/mol. The maximum atomic E-state index is 12.2. The van der Waals surface area contributed by atoms with E-state index in [1.54, 1.807) is 24.0 Å². The minimum atomic E-state index is -3.88. The molecule has 0 bridgehead atoms. The van der Waals surface area contributed by atoms with Crippen LogP contribution >= 0.6 is 11.6 Å². The number of aryl methyl sites for hydroxylation is 2. The van der Waals surface area contributed by atoms with E-state index in [1.807, 2.05) is 34.5 Å². The average molecular weight is 449 g/mol. The molecule has 3 aromatic rings. The van der Waals surface area contributed by atoms with Crippen molar-refractivity contribution in [3.63, 3.8) is 0 Å². The van der Waals surface area contributed by atoms with Crippen molar-refractivity contribution >= 4 is 44.8 Å². The van der Waals surface area contributed by atoms with Crippen LogP contribution in [0, 0.1) is 12.8 Å². The third-order valence-corrected chi connectivity index (χ3v) is 6.08. The summed E-state index contributed by atoms with van der Waals surface area (Å²) in [6.45, 7) is 2.15. The van der Waals surface area contributed by atoms with Crippen LogP contribution in [0.2, 0.25) is 5.02 Å². The van der Waals surface area contributed by atoms with Gasteiger partial charge in [0.2, 0.25) is 0 Å². The number of nitrogens with one attached hydrogen (secondary N) is 2. The molecule has 1 saturated carbocycles. The average Bonchev–Trinajstić information content (AvgIpc) is 3.35. The second kappa shape index (κ2) is 7.86. The number of amides is 1. The lowest BCUT2D eigenvalue weighted by Crippen LogP contribution is -2.40. The Balaban J connectivity index is 1.59. The standard InChI is InChI=1S/C19H21ClN6O3S/c1-12-16(5-6-17(27)24-30(28,29)22-10-13-3-4-13)19(25(2)23-12)26-8-7-14-9-15(20)11-21-18(14)26/h5-9,11,13,22H,3-4,10H2,1-2H3,(H,24,27)/b6-5+. The molecule has 0 aromatic carbocycles. The molecule has 3 aromatic heterocycles. The molecule has 11 heteroatoms. The highest BCUT2D eigenvalue weighted by Crippen LogP contribution is 2.28. The molecule has 1 aliphatic carbocycles. The summed E-state index contributed by atoms with van der Waals surface area (Å²) in [6, 6.07) is 3.70. The van der Waals surface area contributed by atoms with E-state index < -0.39 is 16.1 Å². The molecule has 3 heterocycles. The highest BCUT2D eigenvalue weighted by Gasteiger charge is 2.24. The topological polar surface area (TPSA) is 111 Å². The van der Waals surface area contributed by atoms with Crippen LogP contribution in [0.15, 0.2) is 30.6 Å². The van der Waals surface area contributed by atoms with E-state index in [2.05, 4.69) is 14.8 Å². The van der Waals surface area contributed by atoms with E-state index in [9.17, 15) is 13.2 Å². The van der Waals surface area contributed by atoms with Crippen molar-refractivity contribution < 1.29 is 13.2 Å². The summed E-state index contributed by atoms with van der Waals surface area (Å²) in [5.74, 6) is 0.318. The van der Waals surface area contributed by atoms with Crippen LogP contribution in [0.3, 0.4) is 0 Å². The summed E-state index contributed by atoms with van der Waals surface area (Å²) >= 11 is 6.02. The van der Waals surface area contributed by atoms with Gasteiger partial charge in [-0.2, -0.15) is 18.2 Å². The number of carbonyl (C=O) groups excluding carboxylic acids is 1. The second-order valence-corrected chi connectivity index (χ2v) is 9.23. The molecule has 1 amide bonds. The molecule has 9 nitrogen and oxygen atoms in total. The fourth-order valence-electron chi connectivity index (χ4n) is 3.22. The van der Waals surface area contributed by atoms with Gasteiger partial charge in [-0.3, -0.25) is 14.0 Å². The van der Waals surface area contributed by atoms with Gasteiger partial charge in [-0.1, -0.05) is 11.6 Å². The van der Waals surface area contributed by atoms with E-state index in [0.717, 1.165) is 18.2 Å². The van der Waals surface area contributed by atoms with Crippen LogP contribution in [0.25, 0.3) is 22.9 Å². The van der Waals surface area contributed by atoms with Gasteiger partial charge < -0.3 is 0 Å². The Morgan fingerprint density at radius 2 is 2.17 bits per heavy atom. The molecule has 0 spiro atoms. The molecule has 2 N–H and O–H groups in total. The Morgan fingerprint density at radius 1 is 1.40 bits per heavy atom. The summed E-state index contributed by atoms with van der Waals surface area (Å²) in [6.07, 6.45) is 8.15. The molecule has 30 heavy (non-hydrogen) atoms. The van der Waals surface area contributed by atoms with Gasteiger partial charge in [-0.25, -0.2) is 9.71 Å². The second-order valence-electron chi connectivity index (χ2n) is 7.29. The van der Waals surface area contributed by atoms with Crippen molar-refractivity contribution in [1.82, 2.24) is 28.8 Å². The molecule has 4 rings (SSSR count). The fraction of sp³-hybridized carbons (Fsp3) is 0.316. The first kappa shape index (κ1) is 20.6. The number of carbonyl (C=O) groups is 1. The molecular weight excluding hydrogens is 428 g/mol. The fourth-order valence-corrected chi connectivity index (χ4v) is 4.25. The zero-order valence-electron chi connectivity index (χ0n) is 16.5. The van der Waals surface area contributed by atoms with Crippen molar-refractivity contribution in [3.05, 3.63) is 46.9 Å². The van der Waals surface area contributed by atoms with Gasteiger partial charge in [0.15, 0.2) is 0 Å². The first-order valence-corrected chi connectivity index (χ1v) is 11.3. The van der Waals surface area contributed by atoms with Crippen molar-refractivity contribution in [2.75, 3.05) is 6.54 Å². The molecule has 0 radical (unpaired) electrons. The third kappa shape index (κ3) is 4.40. The van der Waals surface area contributed by atoms with E-state index in [-0.39, 0.29) is 0 Å². The molecule has 0 unspecified atom stereocenters. The van der Waals surface area contributed by atoms with Gasteiger partial charge in [-0.05, 0) is 43.9 Å². The number of nitrogens with zero attached hydrogens (tertiary/aromatic N) is 4. The summed E-state index contributed by atoms with van der Waals surface area (Å²) < 4.78 is 31.8. The minimum Gasteiger partial charge on any atom is -0.285 e. The van der Waals surface area contributed by atoms with Crippen LogP contribution < -0.4 is 9.44 Å². The molecule has 1 fully saturated rings.